The minimum Gasteiger partial charge on any atom is -0.505 e. The Morgan fingerprint density at radius 2 is 1.95 bits per heavy atom. The zero-order valence-corrected chi connectivity index (χ0v) is 21.1. The molecule has 1 aliphatic heterocycles. The molecule has 1 unspecified atom stereocenters. The van der Waals surface area contributed by atoms with Crippen molar-refractivity contribution < 1.29 is 14.3 Å². The van der Waals surface area contributed by atoms with Crippen molar-refractivity contribution in [2.75, 3.05) is 5.01 Å². The van der Waals surface area contributed by atoms with E-state index in [0.717, 1.165) is 36.2 Å². The van der Waals surface area contributed by atoms with E-state index in [0.29, 0.717) is 5.92 Å². The van der Waals surface area contributed by atoms with Crippen LogP contribution in [-0.4, -0.2) is 16.0 Å². The average Bonchev–Trinajstić information content (AvgIpc) is 3.54. The van der Waals surface area contributed by atoms with Crippen molar-refractivity contribution in [1.82, 2.24) is 15.7 Å². The molecule has 6 rings (SSSR count). The summed E-state index contributed by atoms with van der Waals surface area (Å²) in [6, 6.07) is 19.3. The number of hydrazine groups is 1. The molecule has 0 spiro atoms. The highest BCUT2D eigenvalue weighted by molar-refractivity contribution is 5.95. The number of hydrogen-bond acceptors (Lipinski definition) is 5. The summed E-state index contributed by atoms with van der Waals surface area (Å²) in [6.07, 6.45) is 8.52. The molecule has 0 saturated heterocycles. The van der Waals surface area contributed by atoms with Crippen molar-refractivity contribution in [3.05, 3.63) is 125 Å². The number of carbonyl (C=O) groups is 1. The summed E-state index contributed by atoms with van der Waals surface area (Å²) in [7, 11) is 0. The largest absolute Gasteiger partial charge is 0.505 e. The van der Waals surface area contributed by atoms with Crippen LogP contribution in [0, 0.1) is 17.7 Å². The lowest BCUT2D eigenvalue weighted by atomic mass is 9.78. The van der Waals surface area contributed by atoms with Crippen LogP contribution in [-0.2, 0) is 0 Å². The molecule has 192 valence electrons. The zero-order valence-electron chi connectivity index (χ0n) is 21.1. The first kappa shape index (κ1) is 24.0. The summed E-state index contributed by atoms with van der Waals surface area (Å²) in [5.74, 6) is -0.272. The standard InChI is InChI=1S/C31H29FN4O2/c1-19-25-18-34-36(24-13-11-23(32)12-14-24)27(25)17-22-10-9-21(29(19)22)16-26(20-6-3-2-4-7-20)35-31(38)30-28(37)8-5-15-33-30/h2-8,11-15,17-19,21,26,34,37H,9-10,16H2,1H3,(H,35,38)/t19-,21+,26?/m0/s1. The van der Waals surface area contributed by atoms with Gasteiger partial charge in [0.15, 0.2) is 5.69 Å². The van der Waals surface area contributed by atoms with Crippen molar-refractivity contribution >= 4 is 11.6 Å². The Labute approximate surface area is 221 Å². The van der Waals surface area contributed by atoms with E-state index in [9.17, 15) is 14.3 Å². The van der Waals surface area contributed by atoms with Gasteiger partial charge in [-0.1, -0.05) is 42.8 Å². The van der Waals surface area contributed by atoms with Crippen LogP contribution in [0.2, 0.25) is 0 Å². The number of halogens is 1. The first-order valence-corrected chi connectivity index (χ1v) is 13.0. The molecule has 0 fully saturated rings. The summed E-state index contributed by atoms with van der Waals surface area (Å²) in [4.78, 5) is 17.2. The molecular weight excluding hydrogens is 479 g/mol. The van der Waals surface area contributed by atoms with Crippen LogP contribution in [0.5, 0.6) is 5.75 Å². The van der Waals surface area contributed by atoms with Gasteiger partial charge < -0.3 is 15.8 Å². The van der Waals surface area contributed by atoms with Gasteiger partial charge in [-0.3, -0.25) is 9.80 Å². The number of carbonyl (C=O) groups excluding carboxylic acids is 1. The molecule has 38 heavy (non-hydrogen) atoms. The lowest BCUT2D eigenvalue weighted by molar-refractivity contribution is 0.0923. The highest BCUT2D eigenvalue weighted by atomic mass is 19.1. The summed E-state index contributed by atoms with van der Waals surface area (Å²) in [6.45, 7) is 2.24. The van der Waals surface area contributed by atoms with Gasteiger partial charge in [0.05, 0.1) is 17.4 Å². The number of pyridine rings is 1. The maximum atomic E-state index is 13.5. The van der Waals surface area contributed by atoms with E-state index in [1.54, 1.807) is 18.2 Å². The van der Waals surface area contributed by atoms with Gasteiger partial charge >= 0.3 is 0 Å². The highest BCUT2D eigenvalue weighted by Gasteiger charge is 2.39. The van der Waals surface area contributed by atoms with E-state index in [2.05, 4.69) is 28.7 Å². The van der Waals surface area contributed by atoms with Crippen molar-refractivity contribution in [3.63, 3.8) is 0 Å². The Morgan fingerprint density at radius 1 is 1.16 bits per heavy atom. The molecular formula is C31H29FN4O2. The summed E-state index contributed by atoms with van der Waals surface area (Å²) in [5, 5.41) is 15.3. The second-order valence-electron chi connectivity index (χ2n) is 10.1. The average molecular weight is 509 g/mol. The molecule has 2 aliphatic carbocycles. The van der Waals surface area contributed by atoms with Crippen LogP contribution in [0.1, 0.15) is 48.3 Å². The Kier molecular flexibility index (Phi) is 6.19. The van der Waals surface area contributed by atoms with Crippen LogP contribution in [0.15, 0.2) is 108 Å². The molecule has 3 aromatic rings. The van der Waals surface area contributed by atoms with Crippen LogP contribution in [0.25, 0.3) is 0 Å². The Bertz CT molecular complexity index is 1460. The Morgan fingerprint density at radius 3 is 2.71 bits per heavy atom. The number of fused-ring (bicyclic) bond motifs is 1. The number of benzene rings is 2. The number of anilines is 1. The molecule has 1 aromatic heterocycles. The van der Waals surface area contributed by atoms with Crippen LogP contribution < -0.4 is 15.8 Å². The number of aromatic hydroxyl groups is 1. The van der Waals surface area contributed by atoms with Crippen molar-refractivity contribution in [1.29, 1.82) is 0 Å². The molecule has 3 atom stereocenters. The molecule has 2 heterocycles. The lowest BCUT2D eigenvalue weighted by Crippen LogP contribution is -2.32. The Balaban J connectivity index is 1.28. The second kappa shape index (κ2) is 9.82. The SMILES string of the molecule is C[C@H]1C2=CNN(c3ccc(F)cc3)C2=CC2=C1[C@@H](CC(NC(=O)c1ncccc1O)c1ccccc1)CC2. The molecule has 7 heteroatoms. The van der Waals surface area contributed by atoms with Crippen LogP contribution in [0.4, 0.5) is 10.1 Å². The third kappa shape index (κ3) is 4.34. The Hall–Kier alpha value is -4.39. The van der Waals surface area contributed by atoms with Gasteiger partial charge in [-0.25, -0.2) is 9.37 Å². The predicted octanol–water partition coefficient (Wildman–Crippen LogP) is 5.94. The summed E-state index contributed by atoms with van der Waals surface area (Å²) < 4.78 is 13.5. The fraction of sp³-hybridized carbons (Fsp3) is 0.226. The number of amides is 1. The number of rotatable bonds is 6. The molecule has 6 nitrogen and oxygen atoms in total. The van der Waals surface area contributed by atoms with E-state index >= 15 is 0 Å². The second-order valence-corrected chi connectivity index (χ2v) is 10.1. The number of hydrogen-bond donors (Lipinski definition) is 3. The maximum Gasteiger partial charge on any atom is 0.274 e. The number of nitrogens with zero attached hydrogens (tertiary/aromatic N) is 2. The molecule has 0 saturated carbocycles. The summed E-state index contributed by atoms with van der Waals surface area (Å²) in [5.41, 5.74) is 10.4. The van der Waals surface area contributed by atoms with Gasteiger partial charge in [0.1, 0.15) is 11.6 Å². The third-order valence-electron chi connectivity index (χ3n) is 7.82. The van der Waals surface area contributed by atoms with E-state index in [1.807, 2.05) is 41.5 Å². The maximum absolute atomic E-state index is 13.5. The fourth-order valence-electron chi connectivity index (χ4n) is 6.01. The minimum atomic E-state index is -0.388. The highest BCUT2D eigenvalue weighted by Crippen LogP contribution is 2.49. The number of aromatic nitrogens is 1. The first-order valence-electron chi connectivity index (χ1n) is 13.0. The topological polar surface area (TPSA) is 77.5 Å². The predicted molar refractivity (Wildman–Crippen MR) is 144 cm³/mol. The normalized spacial score (nSPS) is 20.7. The number of nitrogens with one attached hydrogen (secondary N) is 2. The monoisotopic (exact) mass is 508 g/mol. The van der Waals surface area contributed by atoms with E-state index in [-0.39, 0.29) is 35.1 Å². The summed E-state index contributed by atoms with van der Waals surface area (Å²) >= 11 is 0. The molecule has 0 radical (unpaired) electrons. The minimum absolute atomic E-state index is 0.0291. The quantitative estimate of drug-likeness (QED) is 0.384. The van der Waals surface area contributed by atoms with Crippen molar-refractivity contribution in [2.24, 2.45) is 11.8 Å². The molecule has 0 bridgehead atoms. The van der Waals surface area contributed by atoms with E-state index in [1.165, 1.54) is 41.1 Å². The molecule has 3 N–H and O–H groups in total. The van der Waals surface area contributed by atoms with E-state index < -0.39 is 0 Å². The lowest BCUT2D eigenvalue weighted by Gasteiger charge is -2.31. The van der Waals surface area contributed by atoms with Gasteiger partial charge in [-0.15, -0.1) is 0 Å². The third-order valence-corrected chi connectivity index (χ3v) is 7.82. The van der Waals surface area contributed by atoms with Crippen molar-refractivity contribution in [3.8, 4) is 5.75 Å². The van der Waals surface area contributed by atoms with Gasteiger partial charge in [0.2, 0.25) is 0 Å². The van der Waals surface area contributed by atoms with Gasteiger partial charge in [-0.2, -0.15) is 0 Å². The molecule has 2 aromatic carbocycles. The smallest absolute Gasteiger partial charge is 0.274 e. The van der Waals surface area contributed by atoms with Crippen LogP contribution >= 0.6 is 0 Å². The van der Waals surface area contributed by atoms with Crippen molar-refractivity contribution in [2.45, 2.75) is 32.2 Å². The van der Waals surface area contributed by atoms with Gasteiger partial charge in [0.25, 0.3) is 5.91 Å². The van der Waals surface area contributed by atoms with E-state index in [4.69, 9.17) is 0 Å². The zero-order chi connectivity index (χ0) is 26.2. The fourth-order valence-corrected chi connectivity index (χ4v) is 6.01. The molecule has 1 amide bonds. The molecule has 3 aliphatic rings. The first-order chi connectivity index (χ1) is 18.5. The van der Waals surface area contributed by atoms with Crippen LogP contribution in [0.3, 0.4) is 0 Å². The van der Waals surface area contributed by atoms with Gasteiger partial charge in [0, 0.05) is 23.9 Å². The van der Waals surface area contributed by atoms with Gasteiger partial charge in [-0.05, 0) is 78.8 Å². The number of allylic oxidation sites excluding steroid dienone is 4.